The molecule has 0 fully saturated rings. The van der Waals surface area contributed by atoms with Gasteiger partial charge < -0.3 is 20.9 Å². The van der Waals surface area contributed by atoms with Crippen LogP contribution >= 0.6 is 0 Å². The van der Waals surface area contributed by atoms with Gasteiger partial charge in [-0.25, -0.2) is 14.6 Å². The third kappa shape index (κ3) is 9.48. The van der Waals surface area contributed by atoms with Crippen molar-refractivity contribution in [2.45, 2.75) is 13.5 Å². The standard InChI is InChI=1S/C22H20O2.C10H13N3O2/c1-17-6-5-7-18(11-10-17)16-24-22(23)21-14-12-20(13-15-21)19-8-3-2-4-9-19;1-15-9(14)8-4-2-7(3-5-8)6-13-10(11)12/h2-15,18H,16H2,1H3;2-5H,6H2,1H3,(H4,11,12,13). The van der Waals surface area contributed by atoms with E-state index in [0.717, 1.165) is 16.7 Å². The van der Waals surface area contributed by atoms with Crippen LogP contribution in [-0.4, -0.2) is 31.6 Å². The smallest absolute Gasteiger partial charge is 0.338 e. The van der Waals surface area contributed by atoms with E-state index in [1.807, 2.05) is 85.8 Å². The van der Waals surface area contributed by atoms with Crippen LogP contribution < -0.4 is 11.5 Å². The minimum absolute atomic E-state index is 0.0482. The Labute approximate surface area is 229 Å². The molecule has 0 saturated carbocycles. The van der Waals surface area contributed by atoms with E-state index in [9.17, 15) is 9.59 Å². The maximum atomic E-state index is 12.2. The van der Waals surface area contributed by atoms with E-state index >= 15 is 0 Å². The molecule has 39 heavy (non-hydrogen) atoms. The van der Waals surface area contributed by atoms with Crippen LogP contribution in [-0.2, 0) is 16.0 Å². The molecule has 7 nitrogen and oxygen atoms in total. The van der Waals surface area contributed by atoms with E-state index in [-0.39, 0.29) is 23.8 Å². The molecular weight excluding hydrogens is 490 g/mol. The molecule has 0 aliphatic heterocycles. The fourth-order valence-corrected chi connectivity index (χ4v) is 3.59. The van der Waals surface area contributed by atoms with E-state index in [1.165, 1.54) is 12.7 Å². The normalized spacial score (nSPS) is 13.7. The zero-order chi connectivity index (χ0) is 28.0. The second-order valence-corrected chi connectivity index (χ2v) is 8.79. The highest BCUT2D eigenvalue weighted by atomic mass is 16.5. The molecule has 0 aromatic heterocycles. The lowest BCUT2D eigenvalue weighted by molar-refractivity contribution is 0.0483. The molecule has 0 spiro atoms. The molecule has 0 saturated heterocycles. The lowest BCUT2D eigenvalue weighted by atomic mass is 10.0. The second-order valence-electron chi connectivity index (χ2n) is 8.79. The van der Waals surface area contributed by atoms with Gasteiger partial charge in [0.15, 0.2) is 5.96 Å². The van der Waals surface area contributed by atoms with Crippen LogP contribution in [0.25, 0.3) is 11.1 Å². The van der Waals surface area contributed by atoms with Gasteiger partial charge in [0, 0.05) is 5.92 Å². The second kappa shape index (κ2) is 14.7. The van der Waals surface area contributed by atoms with Crippen molar-refractivity contribution in [2.24, 2.45) is 22.4 Å². The Balaban J connectivity index is 0.000000242. The first-order valence-corrected chi connectivity index (χ1v) is 12.4. The topological polar surface area (TPSA) is 117 Å². The molecule has 4 N–H and O–H groups in total. The molecule has 1 aliphatic carbocycles. The molecule has 1 atom stereocenters. The van der Waals surface area contributed by atoms with Crippen molar-refractivity contribution in [3.8, 4) is 11.1 Å². The Morgan fingerprint density at radius 3 is 2.08 bits per heavy atom. The molecule has 0 radical (unpaired) electrons. The average molecular weight is 524 g/mol. The first-order chi connectivity index (χ1) is 18.9. The molecule has 4 rings (SSSR count). The summed E-state index contributed by atoms with van der Waals surface area (Å²) in [5.41, 5.74) is 15.8. The third-order valence-corrected chi connectivity index (χ3v) is 5.78. The zero-order valence-corrected chi connectivity index (χ0v) is 22.1. The summed E-state index contributed by atoms with van der Waals surface area (Å²) in [6, 6.07) is 24.5. The maximum Gasteiger partial charge on any atom is 0.338 e. The van der Waals surface area contributed by atoms with E-state index in [2.05, 4.69) is 15.8 Å². The summed E-state index contributed by atoms with van der Waals surface area (Å²) in [6.07, 6.45) is 10.2. The SMILES string of the molecule is CC1=CC=CC(COC(=O)c2ccc(-c3ccccc3)cc2)C=C1.COC(=O)c1ccc(CN=C(N)N)cc1. The van der Waals surface area contributed by atoms with E-state index in [1.54, 1.807) is 24.3 Å². The number of benzene rings is 3. The number of hydrogen-bond acceptors (Lipinski definition) is 5. The highest BCUT2D eigenvalue weighted by molar-refractivity contribution is 5.90. The highest BCUT2D eigenvalue weighted by Crippen LogP contribution is 2.20. The van der Waals surface area contributed by atoms with Gasteiger partial charge in [-0.15, -0.1) is 0 Å². The Hall–Kier alpha value is -4.91. The van der Waals surface area contributed by atoms with E-state index in [4.69, 9.17) is 16.2 Å². The summed E-state index contributed by atoms with van der Waals surface area (Å²) in [7, 11) is 1.34. The molecular formula is C32H33N3O4. The van der Waals surface area contributed by atoms with Gasteiger partial charge in [-0.05, 0) is 47.9 Å². The van der Waals surface area contributed by atoms with Crippen LogP contribution in [0.4, 0.5) is 0 Å². The van der Waals surface area contributed by atoms with Crippen LogP contribution in [0, 0.1) is 5.92 Å². The van der Waals surface area contributed by atoms with Gasteiger partial charge in [-0.3, -0.25) is 0 Å². The van der Waals surface area contributed by atoms with Gasteiger partial charge in [0.05, 0.1) is 24.8 Å². The molecule has 3 aromatic carbocycles. The number of ether oxygens (including phenoxy) is 2. The van der Waals surface area contributed by atoms with Crippen LogP contribution in [0.3, 0.4) is 0 Å². The summed E-state index contributed by atoms with van der Waals surface area (Å²) in [6.45, 7) is 2.81. The molecule has 0 bridgehead atoms. The molecule has 0 heterocycles. The highest BCUT2D eigenvalue weighted by Gasteiger charge is 2.10. The van der Waals surface area contributed by atoms with Gasteiger partial charge >= 0.3 is 11.9 Å². The monoisotopic (exact) mass is 523 g/mol. The fourth-order valence-electron chi connectivity index (χ4n) is 3.59. The largest absolute Gasteiger partial charge is 0.465 e. The van der Waals surface area contributed by atoms with Crippen molar-refractivity contribution in [3.63, 3.8) is 0 Å². The number of nitrogens with two attached hydrogens (primary N) is 2. The number of hydrogen-bond donors (Lipinski definition) is 2. The van der Waals surface area contributed by atoms with Crippen molar-refractivity contribution in [1.82, 2.24) is 0 Å². The molecule has 7 heteroatoms. The van der Waals surface area contributed by atoms with Gasteiger partial charge in [-0.1, -0.05) is 90.6 Å². The number of carbonyl (C=O) groups is 2. The van der Waals surface area contributed by atoms with Gasteiger partial charge in [0.2, 0.25) is 0 Å². The van der Waals surface area contributed by atoms with E-state index in [0.29, 0.717) is 24.3 Å². The first-order valence-electron chi connectivity index (χ1n) is 12.4. The Bertz CT molecular complexity index is 1350. The number of nitrogens with zero attached hydrogens (tertiary/aromatic N) is 1. The lowest BCUT2D eigenvalue weighted by Crippen LogP contribution is -2.22. The van der Waals surface area contributed by atoms with Crippen molar-refractivity contribution in [3.05, 3.63) is 132 Å². The summed E-state index contributed by atoms with van der Waals surface area (Å²) in [5.74, 6) is -0.480. The first kappa shape index (κ1) is 28.7. The van der Waals surface area contributed by atoms with Crippen LogP contribution in [0.2, 0.25) is 0 Å². The lowest BCUT2D eigenvalue weighted by Gasteiger charge is -2.09. The molecule has 1 aliphatic rings. The summed E-state index contributed by atoms with van der Waals surface area (Å²) < 4.78 is 10.0. The van der Waals surface area contributed by atoms with Crippen molar-refractivity contribution in [2.75, 3.05) is 13.7 Å². The molecule has 200 valence electrons. The van der Waals surface area contributed by atoms with Crippen molar-refractivity contribution < 1.29 is 19.1 Å². The van der Waals surface area contributed by atoms with Crippen molar-refractivity contribution >= 4 is 17.9 Å². The van der Waals surface area contributed by atoms with Crippen molar-refractivity contribution in [1.29, 1.82) is 0 Å². The van der Waals surface area contributed by atoms with Crippen LogP contribution in [0.5, 0.6) is 0 Å². The van der Waals surface area contributed by atoms with Gasteiger partial charge in [-0.2, -0.15) is 0 Å². The predicted octanol–water partition coefficient (Wildman–Crippen LogP) is 5.45. The minimum Gasteiger partial charge on any atom is -0.465 e. The summed E-state index contributed by atoms with van der Waals surface area (Å²) in [4.78, 5) is 27.1. The Kier molecular flexibility index (Phi) is 10.8. The number of allylic oxidation sites excluding steroid dienone is 4. The summed E-state index contributed by atoms with van der Waals surface area (Å²) in [5, 5.41) is 0. The number of methoxy groups -OCH3 is 1. The van der Waals surface area contributed by atoms with Gasteiger partial charge in [0.25, 0.3) is 0 Å². The van der Waals surface area contributed by atoms with Gasteiger partial charge in [0.1, 0.15) is 6.61 Å². The molecule has 1 unspecified atom stereocenters. The van der Waals surface area contributed by atoms with Crippen LogP contribution in [0.1, 0.15) is 33.2 Å². The number of guanidine groups is 1. The number of rotatable bonds is 7. The number of aliphatic imine (C=N–C) groups is 1. The predicted molar refractivity (Wildman–Crippen MR) is 155 cm³/mol. The quantitative estimate of drug-likeness (QED) is 0.242. The number of esters is 2. The van der Waals surface area contributed by atoms with Crippen LogP contribution in [0.15, 0.2) is 120 Å². The number of carbonyl (C=O) groups excluding carboxylic acids is 2. The fraction of sp³-hybridized carbons (Fsp3) is 0.156. The maximum absolute atomic E-state index is 12.2. The average Bonchev–Trinajstić information content (AvgIpc) is 3.19. The zero-order valence-electron chi connectivity index (χ0n) is 22.1. The molecule has 3 aromatic rings. The summed E-state index contributed by atoms with van der Waals surface area (Å²) >= 11 is 0. The Morgan fingerprint density at radius 1 is 0.821 bits per heavy atom. The minimum atomic E-state index is -0.358. The Morgan fingerprint density at radius 2 is 1.44 bits per heavy atom. The van der Waals surface area contributed by atoms with E-state index < -0.39 is 0 Å². The molecule has 0 amide bonds. The third-order valence-electron chi connectivity index (χ3n) is 5.78.